The van der Waals surface area contributed by atoms with Crippen molar-refractivity contribution in [1.29, 1.82) is 0 Å². The Hall–Kier alpha value is -1.88. The van der Waals surface area contributed by atoms with Crippen LogP contribution in [0.4, 0.5) is 0 Å². The summed E-state index contributed by atoms with van der Waals surface area (Å²) < 4.78 is 0. The number of nitrogens with zero attached hydrogens (tertiary/aromatic N) is 1. The second-order valence-electron chi connectivity index (χ2n) is 6.10. The molecule has 1 heterocycles. The van der Waals surface area contributed by atoms with Crippen LogP contribution in [0.3, 0.4) is 0 Å². The molecule has 0 radical (unpaired) electrons. The summed E-state index contributed by atoms with van der Waals surface area (Å²) in [5.74, 6) is -0.966. The lowest BCUT2D eigenvalue weighted by atomic mass is 10.0. The largest absolute Gasteiger partial charge is 0.480 e. The number of aryl methyl sites for hydroxylation is 2. The molecule has 2 N–H and O–H groups in total. The summed E-state index contributed by atoms with van der Waals surface area (Å²) in [6.07, 6.45) is 1.45. The lowest BCUT2D eigenvalue weighted by Crippen LogP contribution is -2.43. The number of likely N-dealkylation sites (tertiary alicyclic amines) is 1. The van der Waals surface area contributed by atoms with Crippen LogP contribution >= 0.6 is 0 Å². The fourth-order valence-electron chi connectivity index (χ4n) is 2.88. The topological polar surface area (TPSA) is 69.6 Å². The molecular formula is C17H24N2O3. The number of hydrogen-bond donors (Lipinski definition) is 2. The van der Waals surface area contributed by atoms with Gasteiger partial charge in [-0.1, -0.05) is 18.2 Å². The molecular weight excluding hydrogens is 280 g/mol. The van der Waals surface area contributed by atoms with E-state index in [1.54, 1.807) is 4.90 Å². The number of amides is 1. The lowest BCUT2D eigenvalue weighted by molar-refractivity contribution is -0.142. The van der Waals surface area contributed by atoms with Gasteiger partial charge in [-0.25, -0.2) is 0 Å². The van der Waals surface area contributed by atoms with Gasteiger partial charge in [-0.3, -0.25) is 14.5 Å². The number of aliphatic carboxylic acids is 1. The van der Waals surface area contributed by atoms with Crippen molar-refractivity contribution in [3.05, 3.63) is 34.9 Å². The highest BCUT2D eigenvalue weighted by atomic mass is 16.4. The van der Waals surface area contributed by atoms with E-state index in [9.17, 15) is 9.59 Å². The first-order valence-corrected chi connectivity index (χ1v) is 7.72. The maximum Gasteiger partial charge on any atom is 0.320 e. The van der Waals surface area contributed by atoms with Crippen LogP contribution in [0.2, 0.25) is 0 Å². The third-order valence-corrected chi connectivity index (χ3v) is 4.40. The predicted molar refractivity (Wildman–Crippen MR) is 84.7 cm³/mol. The number of rotatable bonds is 5. The van der Waals surface area contributed by atoms with E-state index < -0.39 is 12.0 Å². The zero-order valence-corrected chi connectivity index (χ0v) is 13.4. The van der Waals surface area contributed by atoms with Crippen molar-refractivity contribution in [2.24, 2.45) is 0 Å². The van der Waals surface area contributed by atoms with Gasteiger partial charge >= 0.3 is 5.97 Å². The summed E-state index contributed by atoms with van der Waals surface area (Å²) in [6, 6.07) is 5.54. The molecule has 1 amide bonds. The zero-order valence-electron chi connectivity index (χ0n) is 13.4. The fourth-order valence-corrected chi connectivity index (χ4v) is 2.88. The van der Waals surface area contributed by atoms with E-state index in [0.717, 1.165) is 12.0 Å². The van der Waals surface area contributed by atoms with E-state index in [2.05, 4.69) is 25.2 Å². The molecule has 22 heavy (non-hydrogen) atoms. The molecule has 2 unspecified atom stereocenters. The monoisotopic (exact) mass is 304 g/mol. The second-order valence-corrected chi connectivity index (χ2v) is 6.10. The van der Waals surface area contributed by atoms with Gasteiger partial charge in [0.1, 0.15) is 6.04 Å². The summed E-state index contributed by atoms with van der Waals surface area (Å²) in [6.45, 7) is 6.87. The molecule has 1 saturated heterocycles. The van der Waals surface area contributed by atoms with E-state index in [1.807, 2.05) is 19.1 Å². The molecule has 1 aromatic rings. The van der Waals surface area contributed by atoms with Crippen molar-refractivity contribution in [2.75, 3.05) is 13.1 Å². The number of carboxylic acids is 1. The number of carbonyl (C=O) groups excluding carboxylic acids is 1. The van der Waals surface area contributed by atoms with Crippen LogP contribution in [-0.2, 0) is 9.59 Å². The number of carboxylic acid groups (broad SMARTS) is 1. The first-order valence-electron chi connectivity index (χ1n) is 7.72. The summed E-state index contributed by atoms with van der Waals surface area (Å²) in [7, 11) is 0. The highest BCUT2D eigenvalue weighted by molar-refractivity contribution is 5.80. The van der Waals surface area contributed by atoms with Crippen LogP contribution in [0, 0.1) is 13.8 Å². The molecule has 2 atom stereocenters. The summed E-state index contributed by atoms with van der Waals surface area (Å²) >= 11 is 0. The van der Waals surface area contributed by atoms with Crippen LogP contribution in [0.5, 0.6) is 0 Å². The van der Waals surface area contributed by atoms with Crippen molar-refractivity contribution in [2.45, 2.75) is 45.7 Å². The van der Waals surface area contributed by atoms with Crippen molar-refractivity contribution < 1.29 is 14.7 Å². The SMILES string of the molecule is Cc1ccc(C(C)NC(=O)CN2CCCC2C(=O)O)cc1C. The van der Waals surface area contributed by atoms with Gasteiger partial charge in [-0.15, -0.1) is 0 Å². The fraction of sp³-hybridized carbons (Fsp3) is 0.529. The zero-order chi connectivity index (χ0) is 16.3. The first kappa shape index (κ1) is 16.5. The van der Waals surface area contributed by atoms with E-state index in [1.165, 1.54) is 11.1 Å². The maximum absolute atomic E-state index is 12.2. The normalized spacial score (nSPS) is 19.9. The average Bonchev–Trinajstić information content (AvgIpc) is 2.89. The first-order chi connectivity index (χ1) is 10.4. The van der Waals surface area contributed by atoms with Crippen molar-refractivity contribution in [3.63, 3.8) is 0 Å². The molecule has 1 aromatic carbocycles. The Morgan fingerprint density at radius 3 is 2.73 bits per heavy atom. The number of benzene rings is 1. The van der Waals surface area contributed by atoms with Crippen molar-refractivity contribution in [3.8, 4) is 0 Å². The maximum atomic E-state index is 12.2. The highest BCUT2D eigenvalue weighted by Crippen LogP contribution is 2.18. The molecule has 0 saturated carbocycles. The highest BCUT2D eigenvalue weighted by Gasteiger charge is 2.31. The molecule has 1 aliphatic heterocycles. The quantitative estimate of drug-likeness (QED) is 0.873. The standard InChI is InChI=1S/C17H24N2O3/c1-11-6-7-14(9-12(11)2)13(3)18-16(20)10-19-8-4-5-15(19)17(21)22/h6-7,9,13,15H,4-5,8,10H2,1-3H3,(H,18,20)(H,21,22). The molecule has 120 valence electrons. The summed E-state index contributed by atoms with van der Waals surface area (Å²) in [5.41, 5.74) is 3.49. The van der Waals surface area contributed by atoms with E-state index in [4.69, 9.17) is 5.11 Å². The third kappa shape index (κ3) is 3.85. The molecule has 5 nitrogen and oxygen atoms in total. The molecule has 0 bridgehead atoms. The van der Waals surface area contributed by atoms with E-state index in [0.29, 0.717) is 13.0 Å². The van der Waals surface area contributed by atoms with Gasteiger partial charge in [0.2, 0.25) is 5.91 Å². The van der Waals surface area contributed by atoms with Gasteiger partial charge < -0.3 is 10.4 Å². The van der Waals surface area contributed by atoms with E-state index in [-0.39, 0.29) is 18.5 Å². The molecule has 1 aliphatic rings. The Morgan fingerprint density at radius 2 is 2.09 bits per heavy atom. The van der Waals surface area contributed by atoms with Crippen LogP contribution in [0.25, 0.3) is 0 Å². The number of hydrogen-bond acceptors (Lipinski definition) is 3. The molecule has 0 aromatic heterocycles. The smallest absolute Gasteiger partial charge is 0.320 e. The minimum absolute atomic E-state index is 0.0855. The molecule has 5 heteroatoms. The Kier molecular flexibility index (Phi) is 5.19. The molecule has 0 spiro atoms. The van der Waals surface area contributed by atoms with Gasteiger partial charge in [0.05, 0.1) is 12.6 Å². The molecule has 2 rings (SSSR count). The van der Waals surface area contributed by atoms with Crippen LogP contribution < -0.4 is 5.32 Å². The van der Waals surface area contributed by atoms with E-state index >= 15 is 0 Å². The lowest BCUT2D eigenvalue weighted by Gasteiger charge is -2.22. The number of nitrogens with one attached hydrogen (secondary N) is 1. The van der Waals surface area contributed by atoms with Crippen LogP contribution in [0.15, 0.2) is 18.2 Å². The minimum Gasteiger partial charge on any atom is -0.480 e. The predicted octanol–water partition coefficient (Wildman–Crippen LogP) is 2.03. The average molecular weight is 304 g/mol. The van der Waals surface area contributed by atoms with Gasteiger partial charge in [0, 0.05) is 0 Å². The van der Waals surface area contributed by atoms with Crippen LogP contribution in [0.1, 0.15) is 42.5 Å². The Labute approximate surface area is 131 Å². The Bertz CT molecular complexity index is 571. The molecule has 1 fully saturated rings. The Morgan fingerprint density at radius 1 is 1.36 bits per heavy atom. The van der Waals surface area contributed by atoms with Crippen molar-refractivity contribution in [1.82, 2.24) is 10.2 Å². The second kappa shape index (κ2) is 6.92. The molecule has 0 aliphatic carbocycles. The summed E-state index contributed by atoms with van der Waals surface area (Å²) in [4.78, 5) is 25.0. The number of carbonyl (C=O) groups is 2. The van der Waals surface area contributed by atoms with Gasteiger partial charge in [0.15, 0.2) is 0 Å². The Balaban J connectivity index is 1.93. The van der Waals surface area contributed by atoms with Gasteiger partial charge in [-0.2, -0.15) is 0 Å². The van der Waals surface area contributed by atoms with Crippen molar-refractivity contribution >= 4 is 11.9 Å². The van der Waals surface area contributed by atoms with Crippen LogP contribution in [-0.4, -0.2) is 41.0 Å². The third-order valence-electron chi connectivity index (χ3n) is 4.40. The summed E-state index contributed by atoms with van der Waals surface area (Å²) in [5, 5.41) is 12.1. The van der Waals surface area contributed by atoms with Gasteiger partial charge in [-0.05, 0) is 56.8 Å². The minimum atomic E-state index is -0.840. The van der Waals surface area contributed by atoms with Gasteiger partial charge in [0.25, 0.3) is 0 Å².